The van der Waals surface area contributed by atoms with Gasteiger partial charge in [0.05, 0.1) is 0 Å². The third-order valence-corrected chi connectivity index (χ3v) is 17.2. The van der Waals surface area contributed by atoms with Crippen LogP contribution in [-0.4, -0.2) is 16.2 Å². The molecule has 0 radical (unpaired) electrons. The minimum absolute atomic E-state index is 1.30. The maximum absolute atomic E-state index is 4.15. The third kappa shape index (κ3) is 10.1. The fourth-order valence-corrected chi connectivity index (χ4v) is 12.7. The number of hydrogen-bond acceptors (Lipinski definition) is 0. The van der Waals surface area contributed by atoms with Crippen LogP contribution in [0.4, 0.5) is 0 Å². The first kappa shape index (κ1) is 17.5. The quantitative estimate of drug-likeness (QED) is 0.363. The normalized spacial score (nSPS) is 10.8. The molecule has 0 aliphatic rings. The van der Waals surface area contributed by atoms with Crippen LogP contribution in [0.5, 0.6) is 0 Å². The van der Waals surface area contributed by atoms with Crippen LogP contribution in [0.25, 0.3) is 0 Å². The topological polar surface area (TPSA) is 0 Å². The molecule has 0 atom stereocenters. The molecule has 0 rings (SSSR count). The van der Waals surface area contributed by atoms with Crippen molar-refractivity contribution in [3.05, 3.63) is 34.9 Å². The summed E-state index contributed by atoms with van der Waals surface area (Å²) in [4.78, 5) is 0. The summed E-state index contributed by atoms with van der Waals surface area (Å²) in [5, 5.41) is 0. The van der Waals surface area contributed by atoms with Crippen molar-refractivity contribution in [2.45, 2.75) is 54.9 Å². The van der Waals surface area contributed by atoms with Crippen LogP contribution in [0.15, 0.2) is 34.9 Å². The van der Waals surface area contributed by atoms with Gasteiger partial charge in [0.1, 0.15) is 0 Å². The van der Waals surface area contributed by atoms with E-state index in [2.05, 4.69) is 72.5 Å². The molecule has 0 saturated carbocycles. The first-order valence-corrected chi connectivity index (χ1v) is 18.8. The predicted octanol–water partition coefficient (Wildman–Crippen LogP) is 6.23. The molecule has 0 aliphatic heterocycles. The third-order valence-electron chi connectivity index (χ3n) is 2.63. The van der Waals surface area contributed by atoms with E-state index in [-0.39, 0.29) is 0 Å². The van der Waals surface area contributed by atoms with Gasteiger partial charge in [0.25, 0.3) is 0 Å². The van der Waals surface area contributed by atoms with Crippen LogP contribution in [0.1, 0.15) is 41.5 Å². The molecule has 17 heavy (non-hydrogen) atoms. The van der Waals surface area contributed by atoms with Crippen LogP contribution < -0.4 is 0 Å². The standard InChI is InChI=1S/3C5H9.BrH.Sn/c3*1-4-5(2)3;;/h3*4H,1H2,2-3H3;1H;/q;;;;+1/p-1. The fraction of sp³-hybridized carbons (Fsp3) is 0.600. The number of rotatable bonds is 6. The van der Waals surface area contributed by atoms with E-state index in [4.69, 9.17) is 0 Å². The van der Waals surface area contributed by atoms with Gasteiger partial charge in [0.15, 0.2) is 0 Å². The second kappa shape index (κ2) is 8.57. The van der Waals surface area contributed by atoms with E-state index in [1.807, 2.05) is 0 Å². The molecule has 0 aliphatic carbocycles. The van der Waals surface area contributed by atoms with Crippen molar-refractivity contribution in [3.8, 4) is 0 Å². The van der Waals surface area contributed by atoms with Crippen molar-refractivity contribution < 1.29 is 0 Å². The summed E-state index contributed by atoms with van der Waals surface area (Å²) in [5.74, 6) is 0. The van der Waals surface area contributed by atoms with Gasteiger partial charge in [0, 0.05) is 0 Å². The van der Waals surface area contributed by atoms with Gasteiger partial charge in [-0.15, -0.1) is 0 Å². The molecule has 0 aromatic heterocycles. The molecule has 0 aromatic carbocycles. The van der Waals surface area contributed by atoms with Crippen LogP contribution in [0.3, 0.4) is 0 Å². The molecule has 0 N–H and O–H groups in total. The SMILES string of the molecule is CC(C)=C[CH2][Sn]([Br])([CH2]C=C(C)C)[CH2]C=C(C)C. The summed E-state index contributed by atoms with van der Waals surface area (Å²) in [5.41, 5.74) is 4.33. The van der Waals surface area contributed by atoms with Crippen LogP contribution in [-0.2, 0) is 0 Å². The predicted molar refractivity (Wildman–Crippen MR) is 87.4 cm³/mol. The van der Waals surface area contributed by atoms with Gasteiger partial charge in [-0.1, -0.05) is 0 Å². The Bertz CT molecular complexity index is 262. The van der Waals surface area contributed by atoms with E-state index in [1.54, 1.807) is 0 Å². The van der Waals surface area contributed by atoms with Gasteiger partial charge in [-0.3, -0.25) is 0 Å². The minimum atomic E-state index is -2.14. The van der Waals surface area contributed by atoms with E-state index in [9.17, 15) is 0 Å². The molecule has 0 fully saturated rings. The molecular weight excluding hydrogens is 379 g/mol. The Labute approximate surface area is 118 Å². The summed E-state index contributed by atoms with van der Waals surface area (Å²) >= 11 is 2.01. The summed E-state index contributed by atoms with van der Waals surface area (Å²) in [6.45, 7) is 13.2. The van der Waals surface area contributed by atoms with Crippen molar-refractivity contribution in [1.29, 1.82) is 0 Å². The molecule has 0 saturated heterocycles. The number of allylic oxidation sites excluding steroid dienone is 6. The number of halogens is 1. The van der Waals surface area contributed by atoms with Crippen molar-refractivity contribution in [1.82, 2.24) is 0 Å². The van der Waals surface area contributed by atoms with Gasteiger partial charge in [-0.25, -0.2) is 0 Å². The van der Waals surface area contributed by atoms with Crippen LogP contribution >= 0.6 is 12.7 Å². The second-order valence-electron chi connectivity index (χ2n) is 5.61. The monoisotopic (exact) mass is 406 g/mol. The Morgan fingerprint density at radius 3 is 1.12 bits per heavy atom. The summed E-state index contributed by atoms with van der Waals surface area (Å²) < 4.78 is 3.89. The molecule has 0 unspecified atom stereocenters. The van der Waals surface area contributed by atoms with Gasteiger partial charge in [0.2, 0.25) is 0 Å². The molecule has 0 bridgehead atoms. The average molecular weight is 406 g/mol. The zero-order valence-corrected chi connectivity index (χ0v) is 16.7. The molecule has 0 nitrogen and oxygen atoms in total. The second-order valence-corrected chi connectivity index (χ2v) is 27.0. The van der Waals surface area contributed by atoms with E-state index >= 15 is 0 Å². The summed E-state index contributed by atoms with van der Waals surface area (Å²) in [7, 11) is 0. The Hall–Kier alpha value is 0.499. The molecular formula is C15H27BrSn. The van der Waals surface area contributed by atoms with E-state index in [1.165, 1.54) is 30.0 Å². The molecule has 0 spiro atoms. The van der Waals surface area contributed by atoms with Gasteiger partial charge in [-0.05, 0) is 0 Å². The first-order chi connectivity index (χ1) is 7.75. The van der Waals surface area contributed by atoms with Gasteiger partial charge in [-0.2, -0.15) is 0 Å². The average Bonchev–Trinajstić information content (AvgIpc) is 2.21. The van der Waals surface area contributed by atoms with E-state index < -0.39 is 16.2 Å². The molecule has 0 heterocycles. The number of hydrogen-bond donors (Lipinski definition) is 0. The fourth-order valence-electron chi connectivity index (χ4n) is 1.41. The van der Waals surface area contributed by atoms with Crippen molar-refractivity contribution in [3.63, 3.8) is 0 Å². The van der Waals surface area contributed by atoms with E-state index in [0.29, 0.717) is 0 Å². The first-order valence-electron chi connectivity index (χ1n) is 6.34. The van der Waals surface area contributed by atoms with Crippen LogP contribution in [0.2, 0.25) is 13.3 Å². The Morgan fingerprint density at radius 2 is 0.941 bits per heavy atom. The Kier molecular flexibility index (Phi) is 8.83. The summed E-state index contributed by atoms with van der Waals surface area (Å²) in [6.07, 6.45) is 7.26. The molecule has 98 valence electrons. The van der Waals surface area contributed by atoms with Crippen molar-refractivity contribution >= 4 is 28.9 Å². The Balaban J connectivity index is 4.73. The van der Waals surface area contributed by atoms with E-state index in [0.717, 1.165) is 0 Å². The molecule has 0 amide bonds. The zero-order chi connectivity index (χ0) is 13.5. The van der Waals surface area contributed by atoms with Crippen molar-refractivity contribution in [2.24, 2.45) is 0 Å². The molecule has 2 heteroatoms. The Morgan fingerprint density at radius 1 is 0.706 bits per heavy atom. The van der Waals surface area contributed by atoms with Gasteiger partial charge >= 0.3 is 119 Å². The van der Waals surface area contributed by atoms with Crippen molar-refractivity contribution in [2.75, 3.05) is 0 Å². The zero-order valence-electron chi connectivity index (χ0n) is 12.2. The van der Waals surface area contributed by atoms with Crippen LogP contribution in [0, 0.1) is 0 Å². The maximum atomic E-state index is 4.15. The van der Waals surface area contributed by atoms with Gasteiger partial charge < -0.3 is 0 Å². The summed E-state index contributed by atoms with van der Waals surface area (Å²) in [6, 6.07) is 0. The molecule has 0 aromatic rings.